The molecule has 0 bridgehead atoms. The Morgan fingerprint density at radius 3 is 2.48 bits per heavy atom. The molecule has 0 aromatic carbocycles. The van der Waals surface area contributed by atoms with Gasteiger partial charge in [-0.1, -0.05) is 40.2 Å². The summed E-state index contributed by atoms with van der Waals surface area (Å²) in [6, 6.07) is 5.56. The molecule has 0 aliphatic rings. The van der Waals surface area contributed by atoms with E-state index >= 15 is 0 Å². The third-order valence-electron chi connectivity index (χ3n) is 4.04. The predicted octanol–water partition coefficient (Wildman–Crippen LogP) is 4.76. The first-order chi connectivity index (χ1) is 9.86. The van der Waals surface area contributed by atoms with Crippen molar-refractivity contribution in [2.24, 2.45) is 5.41 Å². The molecular weight excluding hydrogens is 276 g/mol. The first-order valence-electron chi connectivity index (χ1n) is 8.36. The van der Waals surface area contributed by atoms with E-state index in [2.05, 4.69) is 69.3 Å². The van der Waals surface area contributed by atoms with Crippen molar-refractivity contribution in [3.05, 3.63) is 22.4 Å². The third kappa shape index (κ3) is 6.94. The molecule has 0 fully saturated rings. The van der Waals surface area contributed by atoms with E-state index in [1.807, 2.05) is 11.3 Å². The molecule has 3 heteroatoms. The average Bonchev–Trinajstić information content (AvgIpc) is 2.89. The number of hydrogen-bond donors (Lipinski definition) is 1. The molecule has 0 aliphatic heterocycles. The van der Waals surface area contributed by atoms with E-state index in [1.165, 1.54) is 17.7 Å². The van der Waals surface area contributed by atoms with Gasteiger partial charge in [0.05, 0.1) is 0 Å². The zero-order chi connectivity index (χ0) is 15.9. The molecule has 1 heterocycles. The first kappa shape index (κ1) is 18.7. The smallest absolute Gasteiger partial charge is 0.0330 e. The van der Waals surface area contributed by atoms with Crippen LogP contribution in [0.25, 0.3) is 0 Å². The van der Waals surface area contributed by atoms with Crippen LogP contribution in [0.15, 0.2) is 17.5 Å². The van der Waals surface area contributed by atoms with E-state index in [-0.39, 0.29) is 0 Å². The van der Waals surface area contributed by atoms with Crippen LogP contribution < -0.4 is 5.32 Å². The van der Waals surface area contributed by atoms with Crippen molar-refractivity contribution in [1.82, 2.24) is 10.2 Å². The van der Waals surface area contributed by atoms with Crippen molar-refractivity contribution in [1.29, 1.82) is 0 Å². The van der Waals surface area contributed by atoms with Gasteiger partial charge in [-0.2, -0.15) is 0 Å². The standard InChI is InChI=1S/C18H34N2S/c1-7-10-18(6,13-19-15(2)3)14-20(16(4)5)12-17-9-8-11-21-17/h8-9,11,15-16,19H,7,10,12-14H2,1-6H3. The highest BCUT2D eigenvalue weighted by molar-refractivity contribution is 7.09. The van der Waals surface area contributed by atoms with Crippen LogP contribution in [0.5, 0.6) is 0 Å². The Morgan fingerprint density at radius 1 is 1.29 bits per heavy atom. The number of nitrogens with zero attached hydrogens (tertiary/aromatic N) is 1. The van der Waals surface area contributed by atoms with Gasteiger partial charge in [0.1, 0.15) is 0 Å². The predicted molar refractivity (Wildman–Crippen MR) is 96.0 cm³/mol. The SMILES string of the molecule is CCCC(C)(CNC(C)C)CN(Cc1cccs1)C(C)C. The van der Waals surface area contributed by atoms with Crippen LogP contribution in [-0.4, -0.2) is 30.1 Å². The van der Waals surface area contributed by atoms with Gasteiger partial charge in [0.25, 0.3) is 0 Å². The molecule has 0 radical (unpaired) electrons. The summed E-state index contributed by atoms with van der Waals surface area (Å²) in [7, 11) is 0. The van der Waals surface area contributed by atoms with E-state index in [0.717, 1.165) is 19.6 Å². The van der Waals surface area contributed by atoms with Crippen molar-refractivity contribution in [2.45, 2.75) is 73.0 Å². The van der Waals surface area contributed by atoms with Crippen molar-refractivity contribution in [2.75, 3.05) is 13.1 Å². The molecule has 0 spiro atoms. The van der Waals surface area contributed by atoms with E-state index in [1.54, 1.807) is 0 Å². The fraction of sp³-hybridized carbons (Fsp3) is 0.778. The largest absolute Gasteiger partial charge is 0.314 e. The highest BCUT2D eigenvalue weighted by Gasteiger charge is 2.27. The minimum absolute atomic E-state index is 0.348. The second-order valence-corrected chi connectivity index (χ2v) is 8.21. The molecule has 1 aromatic heterocycles. The molecule has 1 atom stereocenters. The highest BCUT2D eigenvalue weighted by atomic mass is 32.1. The minimum atomic E-state index is 0.348. The van der Waals surface area contributed by atoms with E-state index in [0.29, 0.717) is 17.5 Å². The average molecular weight is 311 g/mol. The van der Waals surface area contributed by atoms with Gasteiger partial charge in [-0.25, -0.2) is 0 Å². The van der Waals surface area contributed by atoms with Crippen molar-refractivity contribution in [3.8, 4) is 0 Å². The Bertz CT molecular complexity index is 373. The topological polar surface area (TPSA) is 15.3 Å². The fourth-order valence-electron chi connectivity index (χ4n) is 2.79. The van der Waals surface area contributed by atoms with Crippen LogP contribution in [0, 0.1) is 5.41 Å². The lowest BCUT2D eigenvalue weighted by Crippen LogP contribution is -2.45. The monoisotopic (exact) mass is 310 g/mol. The molecule has 1 rings (SSSR count). The molecule has 1 N–H and O–H groups in total. The molecular formula is C18H34N2S. The maximum absolute atomic E-state index is 3.65. The van der Waals surface area contributed by atoms with Gasteiger partial charge in [0, 0.05) is 36.6 Å². The van der Waals surface area contributed by atoms with Crippen LogP contribution in [0.3, 0.4) is 0 Å². The molecule has 0 aliphatic carbocycles. The number of thiophene rings is 1. The summed E-state index contributed by atoms with van der Waals surface area (Å²) in [5.74, 6) is 0. The zero-order valence-electron chi connectivity index (χ0n) is 14.8. The normalized spacial score (nSPS) is 15.1. The second-order valence-electron chi connectivity index (χ2n) is 7.17. The summed E-state index contributed by atoms with van der Waals surface area (Å²) < 4.78 is 0. The summed E-state index contributed by atoms with van der Waals surface area (Å²) in [6.07, 6.45) is 2.53. The molecule has 1 unspecified atom stereocenters. The quantitative estimate of drug-likeness (QED) is 0.670. The van der Waals surface area contributed by atoms with Gasteiger partial charge < -0.3 is 5.32 Å². The van der Waals surface area contributed by atoms with Gasteiger partial charge in [-0.3, -0.25) is 4.90 Å². The van der Waals surface area contributed by atoms with Crippen LogP contribution in [0.2, 0.25) is 0 Å². The lowest BCUT2D eigenvalue weighted by Gasteiger charge is -2.38. The molecule has 1 aromatic rings. The maximum atomic E-state index is 3.65. The van der Waals surface area contributed by atoms with Crippen molar-refractivity contribution in [3.63, 3.8) is 0 Å². The van der Waals surface area contributed by atoms with Crippen molar-refractivity contribution < 1.29 is 0 Å². The number of hydrogen-bond acceptors (Lipinski definition) is 3. The maximum Gasteiger partial charge on any atom is 0.0330 e. The summed E-state index contributed by atoms with van der Waals surface area (Å²) in [6.45, 7) is 17.2. The first-order valence-corrected chi connectivity index (χ1v) is 9.24. The van der Waals surface area contributed by atoms with Crippen LogP contribution in [0.1, 0.15) is 59.3 Å². The lowest BCUT2D eigenvalue weighted by atomic mass is 9.84. The number of nitrogens with one attached hydrogen (secondary N) is 1. The van der Waals surface area contributed by atoms with E-state index in [4.69, 9.17) is 0 Å². The Labute approximate surface area is 135 Å². The van der Waals surface area contributed by atoms with E-state index < -0.39 is 0 Å². The summed E-state index contributed by atoms with van der Waals surface area (Å²) in [5.41, 5.74) is 0.348. The van der Waals surface area contributed by atoms with Crippen molar-refractivity contribution >= 4 is 11.3 Å². The van der Waals surface area contributed by atoms with Crippen LogP contribution in [0.4, 0.5) is 0 Å². The molecule has 2 nitrogen and oxygen atoms in total. The Hall–Kier alpha value is -0.380. The molecule has 21 heavy (non-hydrogen) atoms. The van der Waals surface area contributed by atoms with Gasteiger partial charge in [-0.05, 0) is 37.1 Å². The van der Waals surface area contributed by atoms with Crippen LogP contribution in [-0.2, 0) is 6.54 Å². The summed E-state index contributed by atoms with van der Waals surface area (Å²) in [5, 5.41) is 5.83. The molecule has 0 saturated heterocycles. The zero-order valence-corrected chi connectivity index (χ0v) is 15.6. The Balaban J connectivity index is 2.71. The molecule has 0 saturated carbocycles. The Kier molecular flexibility index (Phi) is 7.93. The Morgan fingerprint density at radius 2 is 2.00 bits per heavy atom. The summed E-state index contributed by atoms with van der Waals surface area (Å²) >= 11 is 1.87. The summed E-state index contributed by atoms with van der Waals surface area (Å²) in [4.78, 5) is 4.10. The lowest BCUT2D eigenvalue weighted by molar-refractivity contribution is 0.115. The minimum Gasteiger partial charge on any atom is -0.314 e. The highest BCUT2D eigenvalue weighted by Crippen LogP contribution is 2.26. The van der Waals surface area contributed by atoms with Gasteiger partial charge >= 0.3 is 0 Å². The molecule has 122 valence electrons. The van der Waals surface area contributed by atoms with E-state index in [9.17, 15) is 0 Å². The molecule has 0 amide bonds. The van der Waals surface area contributed by atoms with Gasteiger partial charge in [0.2, 0.25) is 0 Å². The second kappa shape index (κ2) is 8.92. The van der Waals surface area contributed by atoms with Gasteiger partial charge in [-0.15, -0.1) is 11.3 Å². The number of rotatable bonds is 10. The fourth-order valence-corrected chi connectivity index (χ4v) is 3.52. The van der Waals surface area contributed by atoms with Crippen LogP contribution >= 0.6 is 11.3 Å². The third-order valence-corrected chi connectivity index (χ3v) is 4.91. The van der Waals surface area contributed by atoms with Gasteiger partial charge in [0.15, 0.2) is 0 Å².